The average molecular weight is 453 g/mol. The van der Waals surface area contributed by atoms with E-state index in [0.717, 1.165) is 49.0 Å². The third-order valence-electron chi connectivity index (χ3n) is 6.83. The van der Waals surface area contributed by atoms with E-state index in [0.29, 0.717) is 0 Å². The van der Waals surface area contributed by atoms with Crippen molar-refractivity contribution in [2.45, 2.75) is 41.7 Å². The van der Waals surface area contributed by atoms with Crippen molar-refractivity contribution in [2.24, 2.45) is 11.1 Å². The van der Waals surface area contributed by atoms with E-state index in [9.17, 15) is 0 Å². The molecule has 3 aromatic heterocycles. The lowest BCUT2D eigenvalue weighted by atomic mass is 9.73. The van der Waals surface area contributed by atoms with Gasteiger partial charge in [-0.3, -0.25) is 4.40 Å². The predicted molar refractivity (Wildman–Crippen MR) is 124 cm³/mol. The number of fused-ring (bicyclic) bond motifs is 2. The van der Waals surface area contributed by atoms with Crippen molar-refractivity contribution in [1.82, 2.24) is 18.7 Å². The van der Waals surface area contributed by atoms with Crippen molar-refractivity contribution in [3.63, 3.8) is 0 Å². The second kappa shape index (κ2) is 7.44. The summed E-state index contributed by atoms with van der Waals surface area (Å²) < 4.78 is 13.5. The molecule has 0 radical (unpaired) electrons. The second-order valence-electron chi connectivity index (χ2n) is 8.54. The highest BCUT2D eigenvalue weighted by Gasteiger charge is 2.47. The maximum atomic E-state index is 6.49. The first kappa shape index (κ1) is 19.5. The number of hydrogen-bond donors (Lipinski definition) is 1. The molecule has 2 saturated heterocycles. The molecule has 0 amide bonds. The van der Waals surface area contributed by atoms with Crippen LogP contribution >= 0.6 is 23.3 Å². The molecule has 0 saturated carbocycles. The van der Waals surface area contributed by atoms with Crippen LogP contribution in [-0.4, -0.2) is 50.6 Å². The standard InChI is InChI=1S/C22H24N6OS2/c1-14-19(23)22(13-29-14)5-8-27(9-6-22)21-25-12-17(20-24-7-10-28(20)21)30-16-4-2-3-15-11-26-31-18(15)16/h2-4,7,10-12,14,19H,5-6,8-9,13,23H2,1H3/t14-,19+/m0/s1. The van der Waals surface area contributed by atoms with Crippen molar-refractivity contribution in [2.75, 3.05) is 24.6 Å². The van der Waals surface area contributed by atoms with Gasteiger partial charge in [-0.15, -0.1) is 0 Å². The minimum atomic E-state index is 0.104. The Balaban J connectivity index is 1.29. The Morgan fingerprint density at radius 3 is 2.87 bits per heavy atom. The number of benzene rings is 1. The summed E-state index contributed by atoms with van der Waals surface area (Å²) in [7, 11) is 0. The molecule has 2 aliphatic rings. The molecule has 0 aliphatic carbocycles. The van der Waals surface area contributed by atoms with Crippen molar-refractivity contribution in [3.8, 4) is 0 Å². The molecule has 2 fully saturated rings. The van der Waals surface area contributed by atoms with Crippen LogP contribution in [0.2, 0.25) is 0 Å². The van der Waals surface area contributed by atoms with Gasteiger partial charge in [-0.2, -0.15) is 4.37 Å². The SMILES string of the molecule is C[C@@H]1OCC2(CCN(c3ncc(Sc4cccc5cnsc45)c4nccn34)CC2)[C@@H]1N. The first-order valence-corrected chi connectivity index (χ1v) is 12.2. The van der Waals surface area contributed by atoms with E-state index in [2.05, 4.69) is 43.8 Å². The third-order valence-corrected chi connectivity index (χ3v) is 8.87. The topological polar surface area (TPSA) is 81.6 Å². The summed E-state index contributed by atoms with van der Waals surface area (Å²) in [6.07, 6.45) is 9.93. The molecule has 7 nitrogen and oxygen atoms in total. The molecular weight excluding hydrogens is 428 g/mol. The quantitative estimate of drug-likeness (QED) is 0.506. The van der Waals surface area contributed by atoms with Gasteiger partial charge >= 0.3 is 0 Å². The van der Waals surface area contributed by atoms with E-state index in [1.165, 1.54) is 26.5 Å². The van der Waals surface area contributed by atoms with E-state index >= 15 is 0 Å². The Labute approximate surface area is 188 Å². The number of anilines is 1. The minimum Gasteiger partial charge on any atom is -0.376 e. The Kier molecular flexibility index (Phi) is 4.68. The van der Waals surface area contributed by atoms with Crippen molar-refractivity contribution in [1.29, 1.82) is 0 Å². The maximum absolute atomic E-state index is 6.49. The van der Waals surface area contributed by atoms with Crippen LogP contribution in [0, 0.1) is 5.41 Å². The monoisotopic (exact) mass is 452 g/mol. The van der Waals surface area contributed by atoms with E-state index in [4.69, 9.17) is 15.5 Å². The Bertz CT molecular complexity index is 1250. The van der Waals surface area contributed by atoms with Crippen molar-refractivity contribution >= 4 is 45.0 Å². The van der Waals surface area contributed by atoms with E-state index < -0.39 is 0 Å². The molecule has 2 aliphatic heterocycles. The van der Waals surface area contributed by atoms with Crippen LogP contribution < -0.4 is 10.6 Å². The second-order valence-corrected chi connectivity index (χ2v) is 10.4. The minimum absolute atomic E-state index is 0.104. The Hall–Kier alpha value is -2.20. The Morgan fingerprint density at radius 2 is 2.06 bits per heavy atom. The smallest absolute Gasteiger partial charge is 0.211 e. The number of hydrogen-bond acceptors (Lipinski definition) is 8. The number of rotatable bonds is 3. The van der Waals surface area contributed by atoms with Crippen LogP contribution in [0.5, 0.6) is 0 Å². The highest BCUT2D eigenvalue weighted by Crippen LogP contribution is 2.42. The molecule has 1 aromatic carbocycles. The van der Waals surface area contributed by atoms with Gasteiger partial charge in [0.2, 0.25) is 5.95 Å². The summed E-state index contributed by atoms with van der Waals surface area (Å²) in [6, 6.07) is 6.42. The summed E-state index contributed by atoms with van der Waals surface area (Å²) in [5, 5.41) is 1.17. The van der Waals surface area contributed by atoms with Gasteiger partial charge in [0.1, 0.15) is 0 Å². The maximum Gasteiger partial charge on any atom is 0.211 e. The van der Waals surface area contributed by atoms with Crippen molar-refractivity contribution < 1.29 is 4.74 Å². The van der Waals surface area contributed by atoms with Gasteiger partial charge in [-0.1, -0.05) is 23.9 Å². The molecule has 2 atom stereocenters. The van der Waals surface area contributed by atoms with Gasteiger partial charge in [0.05, 0.1) is 22.3 Å². The first-order valence-electron chi connectivity index (χ1n) is 10.6. The van der Waals surface area contributed by atoms with Crippen LogP contribution in [0.4, 0.5) is 5.95 Å². The van der Waals surface area contributed by atoms with Gasteiger partial charge in [-0.25, -0.2) is 9.97 Å². The number of nitrogens with two attached hydrogens (primary N) is 1. The van der Waals surface area contributed by atoms with Crippen LogP contribution in [0.1, 0.15) is 19.8 Å². The number of aromatic nitrogens is 4. The van der Waals surface area contributed by atoms with Gasteiger partial charge in [0.25, 0.3) is 0 Å². The fourth-order valence-electron chi connectivity index (χ4n) is 4.88. The zero-order valence-corrected chi connectivity index (χ0v) is 18.9. The summed E-state index contributed by atoms with van der Waals surface area (Å²) in [6.45, 7) is 4.72. The summed E-state index contributed by atoms with van der Waals surface area (Å²) in [4.78, 5) is 14.1. The van der Waals surface area contributed by atoms with Crippen LogP contribution in [-0.2, 0) is 4.74 Å². The summed E-state index contributed by atoms with van der Waals surface area (Å²) in [5.41, 5.74) is 7.53. The fraction of sp³-hybridized carbons (Fsp3) is 0.409. The van der Waals surface area contributed by atoms with E-state index in [1.54, 1.807) is 11.8 Å². The van der Waals surface area contributed by atoms with Crippen molar-refractivity contribution in [3.05, 3.63) is 43.0 Å². The molecule has 4 aromatic rings. The van der Waals surface area contributed by atoms with Gasteiger partial charge in [-0.05, 0) is 37.4 Å². The van der Waals surface area contributed by atoms with Gasteiger partial charge in [0, 0.05) is 59.6 Å². The van der Waals surface area contributed by atoms with Crippen LogP contribution in [0.15, 0.2) is 52.8 Å². The number of ether oxygens (including phenoxy) is 1. The lowest BCUT2D eigenvalue weighted by molar-refractivity contribution is 0.0973. The number of nitrogens with zero attached hydrogens (tertiary/aromatic N) is 5. The largest absolute Gasteiger partial charge is 0.376 e. The first-order chi connectivity index (χ1) is 15.1. The summed E-state index contributed by atoms with van der Waals surface area (Å²) >= 11 is 3.23. The predicted octanol–water partition coefficient (Wildman–Crippen LogP) is 3.82. The number of imidazole rings is 1. The zero-order chi connectivity index (χ0) is 21.0. The highest BCUT2D eigenvalue weighted by atomic mass is 32.2. The average Bonchev–Trinajstić information content (AvgIpc) is 3.53. The normalized spacial score (nSPS) is 23.4. The van der Waals surface area contributed by atoms with Gasteiger partial charge in [0.15, 0.2) is 5.65 Å². The molecule has 0 unspecified atom stereocenters. The molecule has 160 valence electrons. The fourth-order valence-corrected chi connectivity index (χ4v) is 6.72. The molecule has 1 spiro atoms. The van der Waals surface area contributed by atoms with E-state index in [1.807, 2.05) is 24.8 Å². The summed E-state index contributed by atoms with van der Waals surface area (Å²) in [5.74, 6) is 0.947. The lowest BCUT2D eigenvalue weighted by Gasteiger charge is -2.41. The molecule has 2 N–H and O–H groups in total. The molecular formula is C22H24N6OS2. The molecule has 31 heavy (non-hydrogen) atoms. The van der Waals surface area contributed by atoms with Crippen LogP contribution in [0.3, 0.4) is 0 Å². The lowest BCUT2D eigenvalue weighted by Crippen LogP contribution is -2.51. The highest BCUT2D eigenvalue weighted by molar-refractivity contribution is 8.00. The third kappa shape index (κ3) is 3.14. The van der Waals surface area contributed by atoms with Gasteiger partial charge < -0.3 is 15.4 Å². The van der Waals surface area contributed by atoms with Crippen LogP contribution in [0.25, 0.3) is 15.7 Å². The number of piperidine rings is 1. The molecule has 0 bridgehead atoms. The van der Waals surface area contributed by atoms with E-state index in [-0.39, 0.29) is 17.6 Å². The molecule has 9 heteroatoms. The zero-order valence-electron chi connectivity index (χ0n) is 17.3. The Morgan fingerprint density at radius 1 is 1.19 bits per heavy atom. The molecule has 5 heterocycles. The molecule has 6 rings (SSSR count).